The van der Waals surface area contributed by atoms with Gasteiger partial charge in [0.2, 0.25) is 0 Å². The van der Waals surface area contributed by atoms with Crippen LogP contribution in [0.4, 0.5) is 0 Å². The van der Waals surface area contributed by atoms with Crippen LogP contribution in [0.5, 0.6) is 5.75 Å². The van der Waals surface area contributed by atoms with Gasteiger partial charge in [-0.25, -0.2) is 0 Å². The second-order valence-corrected chi connectivity index (χ2v) is 6.66. The summed E-state index contributed by atoms with van der Waals surface area (Å²) in [5.41, 5.74) is 0. The molecule has 0 aromatic heterocycles. The van der Waals surface area contributed by atoms with Crippen molar-refractivity contribution in [2.75, 3.05) is 13.2 Å². The van der Waals surface area contributed by atoms with Crippen LogP contribution in [-0.4, -0.2) is 30.0 Å². The Hall–Kier alpha value is -1.03. The third-order valence-electron chi connectivity index (χ3n) is 3.43. The summed E-state index contributed by atoms with van der Waals surface area (Å²) in [5.74, 6) is 1.47. The highest BCUT2D eigenvalue weighted by atomic mass is 79.9. The molecule has 1 aliphatic carbocycles. The van der Waals surface area contributed by atoms with Crippen LogP contribution < -0.4 is 4.74 Å². The molecule has 1 aliphatic rings. The molecular formula is C16H22BrNO2. The lowest BCUT2D eigenvalue weighted by Gasteiger charge is -2.23. The lowest BCUT2D eigenvalue weighted by molar-refractivity contribution is -0.134. The average Bonchev–Trinajstić information content (AvgIpc) is 3.22. The normalized spacial score (nSPS) is 14.4. The largest absolute Gasteiger partial charge is 0.484 e. The van der Waals surface area contributed by atoms with Crippen molar-refractivity contribution < 1.29 is 9.53 Å². The molecule has 20 heavy (non-hydrogen) atoms. The van der Waals surface area contributed by atoms with E-state index in [9.17, 15) is 4.79 Å². The van der Waals surface area contributed by atoms with Gasteiger partial charge < -0.3 is 9.64 Å². The van der Waals surface area contributed by atoms with Gasteiger partial charge in [-0.1, -0.05) is 29.8 Å². The summed E-state index contributed by atoms with van der Waals surface area (Å²) in [7, 11) is 0. The number of rotatable bonds is 7. The Labute approximate surface area is 129 Å². The highest BCUT2D eigenvalue weighted by Gasteiger charge is 2.32. The van der Waals surface area contributed by atoms with E-state index in [1.165, 1.54) is 0 Å². The molecule has 0 heterocycles. The van der Waals surface area contributed by atoms with Gasteiger partial charge in [0.05, 0.1) is 0 Å². The number of carbonyl (C=O) groups excluding carboxylic acids is 1. The summed E-state index contributed by atoms with van der Waals surface area (Å²) in [5, 5.41) is 0. The lowest BCUT2D eigenvalue weighted by Crippen LogP contribution is -2.37. The monoisotopic (exact) mass is 339 g/mol. The van der Waals surface area contributed by atoms with Crippen LogP contribution in [0.2, 0.25) is 0 Å². The van der Waals surface area contributed by atoms with E-state index < -0.39 is 0 Å². The third kappa shape index (κ3) is 4.82. The van der Waals surface area contributed by atoms with Crippen molar-refractivity contribution in [1.82, 2.24) is 4.90 Å². The summed E-state index contributed by atoms with van der Waals surface area (Å²) in [6, 6.07) is 8.02. The molecule has 0 radical (unpaired) electrons. The van der Waals surface area contributed by atoms with E-state index in [0.717, 1.165) is 36.0 Å². The fourth-order valence-corrected chi connectivity index (χ4v) is 2.32. The molecule has 0 unspecified atom stereocenters. The molecule has 0 bridgehead atoms. The van der Waals surface area contributed by atoms with Gasteiger partial charge in [-0.05, 0) is 49.4 Å². The van der Waals surface area contributed by atoms with Crippen LogP contribution in [0.25, 0.3) is 0 Å². The Morgan fingerprint density at radius 1 is 1.35 bits per heavy atom. The Balaban J connectivity index is 1.83. The third-order valence-corrected chi connectivity index (χ3v) is 3.96. The van der Waals surface area contributed by atoms with Crippen LogP contribution >= 0.6 is 15.9 Å². The minimum Gasteiger partial charge on any atom is -0.484 e. The molecule has 0 spiro atoms. The number of hydrogen-bond donors (Lipinski definition) is 0. The first-order valence-electron chi connectivity index (χ1n) is 7.24. The lowest BCUT2D eigenvalue weighted by atomic mass is 10.1. The molecule has 0 aliphatic heterocycles. The van der Waals surface area contributed by atoms with E-state index in [1.807, 2.05) is 29.2 Å². The molecule has 0 saturated heterocycles. The molecule has 1 aromatic rings. The number of carbonyl (C=O) groups is 1. The maximum absolute atomic E-state index is 12.3. The first kappa shape index (κ1) is 15.4. The number of hydrogen-bond acceptors (Lipinski definition) is 2. The van der Waals surface area contributed by atoms with E-state index >= 15 is 0 Å². The van der Waals surface area contributed by atoms with Crippen LogP contribution in [-0.2, 0) is 4.79 Å². The fraction of sp³-hybridized carbons (Fsp3) is 0.562. The van der Waals surface area contributed by atoms with Crippen molar-refractivity contribution in [2.24, 2.45) is 5.92 Å². The standard InChI is InChI=1S/C16H22BrNO2/c1-12(2)9-10-18(14-5-6-14)16(19)11-20-15-7-3-13(17)4-8-15/h3-4,7-8,12,14H,5-6,9-11H2,1-2H3. The van der Waals surface area contributed by atoms with Gasteiger partial charge in [0.15, 0.2) is 6.61 Å². The Kier molecular flexibility index (Phi) is 5.46. The second-order valence-electron chi connectivity index (χ2n) is 5.74. The van der Waals surface area contributed by atoms with Gasteiger partial charge in [-0.15, -0.1) is 0 Å². The number of amides is 1. The highest BCUT2D eigenvalue weighted by molar-refractivity contribution is 9.10. The molecule has 2 rings (SSSR count). The van der Waals surface area contributed by atoms with Crippen molar-refractivity contribution in [2.45, 2.75) is 39.2 Å². The summed E-state index contributed by atoms with van der Waals surface area (Å²) in [6.45, 7) is 5.36. The van der Waals surface area contributed by atoms with Crippen LogP contribution in [0.15, 0.2) is 28.7 Å². The zero-order chi connectivity index (χ0) is 14.5. The van der Waals surface area contributed by atoms with E-state index in [1.54, 1.807) is 0 Å². The predicted molar refractivity (Wildman–Crippen MR) is 83.8 cm³/mol. The highest BCUT2D eigenvalue weighted by Crippen LogP contribution is 2.27. The summed E-state index contributed by atoms with van der Waals surface area (Å²) >= 11 is 3.38. The molecule has 1 saturated carbocycles. The summed E-state index contributed by atoms with van der Waals surface area (Å²) in [6.07, 6.45) is 3.34. The number of halogens is 1. The van der Waals surface area contributed by atoms with Crippen molar-refractivity contribution in [3.05, 3.63) is 28.7 Å². The van der Waals surface area contributed by atoms with Crippen LogP contribution in [0.3, 0.4) is 0 Å². The molecule has 0 N–H and O–H groups in total. The average molecular weight is 340 g/mol. The predicted octanol–water partition coefficient (Wildman–Crippen LogP) is 3.87. The Morgan fingerprint density at radius 2 is 2.00 bits per heavy atom. The SMILES string of the molecule is CC(C)CCN(C(=O)COc1ccc(Br)cc1)C1CC1. The Bertz CT molecular complexity index is 440. The van der Waals surface area contributed by atoms with Gasteiger partial charge in [0.25, 0.3) is 5.91 Å². The zero-order valence-electron chi connectivity index (χ0n) is 12.1. The summed E-state index contributed by atoms with van der Waals surface area (Å²) in [4.78, 5) is 14.3. The van der Waals surface area contributed by atoms with Crippen LogP contribution in [0, 0.1) is 5.92 Å². The molecule has 1 fully saturated rings. The smallest absolute Gasteiger partial charge is 0.260 e. The number of nitrogens with zero attached hydrogens (tertiary/aromatic N) is 1. The van der Waals surface area contributed by atoms with Crippen molar-refractivity contribution in [1.29, 1.82) is 0 Å². The van der Waals surface area contributed by atoms with Crippen LogP contribution in [0.1, 0.15) is 33.1 Å². The maximum atomic E-state index is 12.3. The van der Waals surface area contributed by atoms with E-state index in [-0.39, 0.29) is 12.5 Å². The summed E-state index contributed by atoms with van der Waals surface area (Å²) < 4.78 is 6.58. The number of benzene rings is 1. The fourth-order valence-electron chi connectivity index (χ4n) is 2.05. The van der Waals surface area contributed by atoms with Gasteiger partial charge in [-0.2, -0.15) is 0 Å². The van der Waals surface area contributed by atoms with Crippen molar-refractivity contribution in [3.63, 3.8) is 0 Å². The second kappa shape index (κ2) is 7.11. The molecule has 1 aromatic carbocycles. The van der Waals surface area contributed by atoms with Crippen molar-refractivity contribution >= 4 is 21.8 Å². The molecule has 0 atom stereocenters. The maximum Gasteiger partial charge on any atom is 0.260 e. The number of ether oxygens (including phenoxy) is 1. The molecule has 110 valence electrons. The van der Waals surface area contributed by atoms with E-state index in [4.69, 9.17) is 4.74 Å². The topological polar surface area (TPSA) is 29.5 Å². The van der Waals surface area contributed by atoms with E-state index in [0.29, 0.717) is 12.0 Å². The minimum absolute atomic E-state index is 0.107. The first-order chi connectivity index (χ1) is 9.56. The molecule has 1 amide bonds. The van der Waals surface area contributed by atoms with Gasteiger partial charge >= 0.3 is 0 Å². The molecule has 3 nitrogen and oxygen atoms in total. The van der Waals surface area contributed by atoms with Crippen molar-refractivity contribution in [3.8, 4) is 5.75 Å². The van der Waals surface area contributed by atoms with Gasteiger partial charge in [-0.3, -0.25) is 4.79 Å². The van der Waals surface area contributed by atoms with Gasteiger partial charge in [0, 0.05) is 17.1 Å². The van der Waals surface area contributed by atoms with Gasteiger partial charge in [0.1, 0.15) is 5.75 Å². The Morgan fingerprint density at radius 3 is 2.55 bits per heavy atom. The minimum atomic E-state index is 0.107. The molecule has 4 heteroatoms. The first-order valence-corrected chi connectivity index (χ1v) is 8.03. The zero-order valence-corrected chi connectivity index (χ0v) is 13.7. The molecular weight excluding hydrogens is 318 g/mol. The quantitative estimate of drug-likeness (QED) is 0.754. The van der Waals surface area contributed by atoms with E-state index in [2.05, 4.69) is 29.8 Å².